The van der Waals surface area contributed by atoms with Crippen molar-refractivity contribution in [1.29, 1.82) is 0 Å². The maximum absolute atomic E-state index is 13.3. The molecular formula is C33H30N7O12P. The van der Waals surface area contributed by atoms with E-state index in [-0.39, 0.29) is 64.2 Å². The average molecular weight is 748 g/mol. The zero-order chi connectivity index (χ0) is 37.2. The molecule has 19 nitrogen and oxygen atoms in total. The number of nitrogens with two attached hydrogens (primary N) is 1. The normalized spacial score (nSPS) is 22.1. The van der Waals surface area contributed by atoms with E-state index in [1.165, 1.54) is 53.6 Å². The smallest absolute Gasteiger partial charge is 0.403 e. The van der Waals surface area contributed by atoms with Crippen LogP contribution in [0.2, 0.25) is 0 Å². The van der Waals surface area contributed by atoms with Gasteiger partial charge in [-0.2, -0.15) is 0 Å². The van der Waals surface area contributed by atoms with E-state index in [0.717, 1.165) is 0 Å². The Morgan fingerprint density at radius 1 is 0.962 bits per heavy atom. The van der Waals surface area contributed by atoms with Crippen LogP contribution in [-0.4, -0.2) is 94.7 Å². The second kappa shape index (κ2) is 12.8. The van der Waals surface area contributed by atoms with Crippen molar-refractivity contribution in [2.75, 3.05) is 25.4 Å². The van der Waals surface area contributed by atoms with Crippen LogP contribution in [-0.2, 0) is 24.2 Å². The number of esters is 1. The summed E-state index contributed by atoms with van der Waals surface area (Å²) in [6, 6.07) is 13.2. The molecule has 0 radical (unpaired) electrons. The topological polar surface area (TPSA) is 283 Å². The zero-order valence-corrected chi connectivity index (χ0v) is 28.1. The molecule has 3 aliphatic rings. The summed E-state index contributed by atoms with van der Waals surface area (Å²) in [4.78, 5) is 48.8. The number of anilines is 1. The number of benzene rings is 3. The number of nitrogen functional groups attached to an aromatic ring is 1. The Bertz CT molecular complexity index is 2300. The summed E-state index contributed by atoms with van der Waals surface area (Å²) in [5.74, 6) is -0.965. The molecule has 2 aromatic heterocycles. The van der Waals surface area contributed by atoms with E-state index < -0.39 is 56.4 Å². The van der Waals surface area contributed by atoms with Gasteiger partial charge in [0.2, 0.25) is 0 Å². The molecule has 0 saturated carbocycles. The predicted molar refractivity (Wildman–Crippen MR) is 180 cm³/mol. The number of rotatable bonds is 9. The monoisotopic (exact) mass is 747 g/mol. The van der Waals surface area contributed by atoms with Gasteiger partial charge in [0.1, 0.15) is 53.2 Å². The van der Waals surface area contributed by atoms with Gasteiger partial charge in [0, 0.05) is 47.5 Å². The first kappa shape index (κ1) is 34.4. The number of aliphatic hydroxyl groups excluding tert-OH is 2. The minimum absolute atomic E-state index is 0.0874. The van der Waals surface area contributed by atoms with Gasteiger partial charge in [-0.05, 0) is 36.4 Å². The van der Waals surface area contributed by atoms with Crippen LogP contribution in [0.1, 0.15) is 43.6 Å². The van der Waals surface area contributed by atoms with Gasteiger partial charge in [-0.1, -0.05) is 6.07 Å². The van der Waals surface area contributed by atoms with Gasteiger partial charge in [0.25, 0.3) is 5.91 Å². The number of aliphatic hydroxyl groups is 2. The fourth-order valence-electron chi connectivity index (χ4n) is 6.70. The molecule has 274 valence electrons. The van der Waals surface area contributed by atoms with Gasteiger partial charge in [-0.15, -0.1) is 0 Å². The van der Waals surface area contributed by atoms with Crippen molar-refractivity contribution >= 4 is 36.6 Å². The van der Waals surface area contributed by atoms with Crippen molar-refractivity contribution in [2.45, 2.75) is 30.1 Å². The number of aromatic nitrogens is 4. The SMILES string of the molecule is Nc1ncnc2c1ncn2[C@@H]1O[C@H](COP(=O)(O)NCCNC(=O)c2ccc3c(c2)C(=O)OC32c3ccc(O)cc3Oc3cc(O)ccc32)[C@@H](O)[C@H]1O. The van der Waals surface area contributed by atoms with Gasteiger partial charge in [-0.25, -0.2) is 29.4 Å². The number of hydrogen-bond donors (Lipinski definition) is 8. The predicted octanol–water partition coefficient (Wildman–Crippen LogP) is 1.14. The summed E-state index contributed by atoms with van der Waals surface area (Å²) in [6.07, 6.45) is -2.80. The van der Waals surface area contributed by atoms with Gasteiger partial charge in [0.05, 0.1) is 18.5 Å². The number of hydrogen-bond acceptors (Lipinski definition) is 15. The van der Waals surface area contributed by atoms with E-state index in [2.05, 4.69) is 25.4 Å². The molecule has 0 bridgehead atoms. The van der Waals surface area contributed by atoms with E-state index in [1.807, 2.05) is 0 Å². The Morgan fingerprint density at radius 3 is 2.38 bits per heavy atom. The number of ether oxygens (including phenoxy) is 3. The highest BCUT2D eigenvalue weighted by atomic mass is 31.2. The molecule has 0 aliphatic carbocycles. The highest BCUT2D eigenvalue weighted by molar-refractivity contribution is 7.50. The first-order valence-electron chi connectivity index (χ1n) is 16.0. The summed E-state index contributed by atoms with van der Waals surface area (Å²) in [7, 11) is -4.48. The van der Waals surface area contributed by atoms with Crippen molar-refractivity contribution in [1.82, 2.24) is 29.9 Å². The van der Waals surface area contributed by atoms with Crippen LogP contribution >= 0.6 is 7.75 Å². The van der Waals surface area contributed by atoms with Crippen molar-refractivity contribution in [2.24, 2.45) is 0 Å². The number of nitrogens with zero attached hydrogens (tertiary/aromatic N) is 4. The molecule has 9 N–H and O–H groups in total. The van der Waals surface area contributed by atoms with E-state index in [9.17, 15) is 39.5 Å². The third-order valence-electron chi connectivity index (χ3n) is 9.17. The Hall–Kier alpha value is -5.66. The molecule has 1 saturated heterocycles. The molecule has 1 unspecified atom stereocenters. The molecule has 5 atom stereocenters. The highest BCUT2D eigenvalue weighted by Gasteiger charge is 2.54. The standard InChI is InChI=1S/C33H30N7O12P/c34-28-25-29(37-13-36-28)40(14-38-25)31-27(44)26(43)24(51-31)12-49-53(47,48)39-8-7-35-30(45)15-1-4-19-18(9-15)32(46)52-33(19)20-5-2-16(41)10-22(20)50-23-11-17(42)3-6-21(23)33/h1-6,9-11,13-14,24,26-27,31,41-44H,7-8,12H2,(H,35,45)(H2,34,36,37)(H2,39,47,48)/t24-,26-,27-,31-/m1/s1. The lowest BCUT2D eigenvalue weighted by atomic mass is 9.77. The Balaban J connectivity index is 0.897. The number of nitrogens with one attached hydrogen (secondary N) is 2. The Morgan fingerprint density at radius 2 is 1.66 bits per heavy atom. The van der Waals surface area contributed by atoms with Crippen molar-refractivity contribution in [3.8, 4) is 23.0 Å². The molecule has 1 amide bonds. The quantitative estimate of drug-likeness (QED) is 0.0596. The molecule has 1 fully saturated rings. The highest BCUT2D eigenvalue weighted by Crippen LogP contribution is 2.57. The second-order valence-electron chi connectivity index (χ2n) is 12.4. The number of phenolic OH excluding ortho intramolecular Hbond substituents is 2. The zero-order valence-electron chi connectivity index (χ0n) is 27.2. The fraction of sp³-hybridized carbons (Fsp3) is 0.242. The minimum Gasteiger partial charge on any atom is -0.508 e. The molecule has 1 spiro atoms. The lowest BCUT2D eigenvalue weighted by molar-refractivity contribution is -0.0487. The van der Waals surface area contributed by atoms with Crippen LogP contribution in [0.25, 0.3) is 11.2 Å². The van der Waals surface area contributed by atoms with Crippen LogP contribution in [0, 0.1) is 0 Å². The van der Waals surface area contributed by atoms with E-state index >= 15 is 0 Å². The summed E-state index contributed by atoms with van der Waals surface area (Å²) < 4.78 is 36.8. The van der Waals surface area contributed by atoms with Gasteiger partial charge in [0.15, 0.2) is 23.3 Å². The lowest BCUT2D eigenvalue weighted by Gasteiger charge is -2.36. The maximum atomic E-state index is 13.3. The molecule has 5 aromatic rings. The second-order valence-corrected chi connectivity index (χ2v) is 14.0. The molecule has 53 heavy (non-hydrogen) atoms. The van der Waals surface area contributed by atoms with E-state index in [1.54, 1.807) is 18.2 Å². The summed E-state index contributed by atoms with van der Waals surface area (Å²) in [5.41, 5.74) is 6.30. The van der Waals surface area contributed by atoms with Gasteiger partial charge >= 0.3 is 13.7 Å². The molecule has 3 aliphatic heterocycles. The first-order valence-corrected chi connectivity index (χ1v) is 17.6. The number of amides is 1. The number of phenols is 2. The van der Waals surface area contributed by atoms with E-state index in [0.29, 0.717) is 16.7 Å². The Kier molecular flexibility index (Phi) is 8.30. The van der Waals surface area contributed by atoms with Crippen molar-refractivity contribution < 1.29 is 58.2 Å². The third kappa shape index (κ3) is 5.80. The summed E-state index contributed by atoms with van der Waals surface area (Å²) in [6.45, 7) is -0.933. The molecule has 20 heteroatoms. The minimum atomic E-state index is -4.48. The number of imidazole rings is 1. The van der Waals surface area contributed by atoms with Crippen LogP contribution in [0.4, 0.5) is 5.82 Å². The molecule has 3 aromatic carbocycles. The van der Waals surface area contributed by atoms with Crippen LogP contribution in [0.5, 0.6) is 23.0 Å². The number of carbonyl (C=O) groups excluding carboxylic acids is 2. The number of fused-ring (bicyclic) bond motifs is 7. The molecule has 8 rings (SSSR count). The first-order chi connectivity index (χ1) is 25.4. The van der Waals surface area contributed by atoms with Crippen molar-refractivity contribution in [3.63, 3.8) is 0 Å². The lowest BCUT2D eigenvalue weighted by Crippen LogP contribution is -2.34. The van der Waals surface area contributed by atoms with E-state index in [4.69, 9.17) is 24.5 Å². The number of aromatic hydroxyl groups is 2. The average Bonchev–Trinajstić information content (AvgIpc) is 3.77. The summed E-state index contributed by atoms with van der Waals surface area (Å²) >= 11 is 0. The van der Waals surface area contributed by atoms with Crippen LogP contribution in [0.3, 0.4) is 0 Å². The molecule has 5 heterocycles. The number of carbonyl (C=O) groups is 2. The van der Waals surface area contributed by atoms with Gasteiger partial charge < -0.3 is 50.6 Å². The Labute approximate surface area is 298 Å². The van der Waals surface area contributed by atoms with Crippen LogP contribution < -0.4 is 20.9 Å². The van der Waals surface area contributed by atoms with Crippen LogP contribution in [0.15, 0.2) is 67.3 Å². The third-order valence-corrected chi connectivity index (χ3v) is 10.3. The maximum Gasteiger partial charge on any atom is 0.403 e. The fourth-order valence-corrected chi connectivity index (χ4v) is 7.53. The molecular weight excluding hydrogens is 717 g/mol. The largest absolute Gasteiger partial charge is 0.508 e. The van der Waals surface area contributed by atoms with Gasteiger partial charge in [-0.3, -0.25) is 13.9 Å². The van der Waals surface area contributed by atoms with Crippen molar-refractivity contribution in [3.05, 3.63) is 95.1 Å². The summed E-state index contributed by atoms with van der Waals surface area (Å²) in [5, 5.41) is 46.3.